The lowest BCUT2D eigenvalue weighted by atomic mass is 10.0. The van der Waals surface area contributed by atoms with Gasteiger partial charge >= 0.3 is 0 Å². The number of methoxy groups -OCH3 is 1. The van der Waals surface area contributed by atoms with Gasteiger partial charge in [0.15, 0.2) is 5.65 Å². The van der Waals surface area contributed by atoms with E-state index in [0.29, 0.717) is 24.6 Å². The molecule has 0 fully saturated rings. The Labute approximate surface area is 206 Å². The highest BCUT2D eigenvalue weighted by molar-refractivity contribution is 6.28. The molecule has 9 heteroatoms. The summed E-state index contributed by atoms with van der Waals surface area (Å²) in [5, 5.41) is 8.89. The van der Waals surface area contributed by atoms with Crippen LogP contribution in [0.15, 0.2) is 77.9 Å². The first-order valence-corrected chi connectivity index (χ1v) is 11.5. The minimum atomic E-state index is -0.0965. The number of rotatable bonds is 8. The van der Waals surface area contributed by atoms with Crippen LogP contribution < -0.4 is 15.6 Å². The van der Waals surface area contributed by atoms with Crippen LogP contribution in [0.1, 0.15) is 22.3 Å². The van der Waals surface area contributed by atoms with Crippen molar-refractivity contribution in [3.63, 3.8) is 0 Å². The van der Waals surface area contributed by atoms with Crippen molar-refractivity contribution in [2.24, 2.45) is 0 Å². The first kappa shape index (κ1) is 22.6. The van der Waals surface area contributed by atoms with Crippen molar-refractivity contribution in [2.75, 3.05) is 12.4 Å². The van der Waals surface area contributed by atoms with Crippen LogP contribution in [0, 0.1) is 0 Å². The van der Waals surface area contributed by atoms with Crippen LogP contribution in [-0.2, 0) is 19.5 Å². The minimum Gasteiger partial charge on any atom is -0.497 e. The molecule has 0 bridgehead atoms. The summed E-state index contributed by atoms with van der Waals surface area (Å²) in [7, 11) is 1.65. The topological polar surface area (TPSA) is 97.7 Å². The Morgan fingerprint density at radius 2 is 1.66 bits per heavy atom. The third-order valence-corrected chi connectivity index (χ3v) is 5.81. The molecule has 176 valence electrons. The lowest BCUT2D eigenvalue weighted by Gasteiger charge is -2.07. The monoisotopic (exact) mass is 486 g/mol. The van der Waals surface area contributed by atoms with Crippen molar-refractivity contribution in [1.82, 2.24) is 24.7 Å². The molecule has 35 heavy (non-hydrogen) atoms. The lowest BCUT2D eigenvalue weighted by molar-refractivity contribution is 0.414. The molecule has 3 aromatic heterocycles. The van der Waals surface area contributed by atoms with E-state index in [0.717, 1.165) is 39.8 Å². The molecule has 8 nitrogen and oxygen atoms in total. The number of benzene rings is 2. The van der Waals surface area contributed by atoms with Gasteiger partial charge in [-0.1, -0.05) is 42.5 Å². The lowest BCUT2D eigenvalue weighted by Crippen LogP contribution is -2.03. The number of pyridine rings is 1. The summed E-state index contributed by atoms with van der Waals surface area (Å²) in [4.78, 5) is 22.6. The molecule has 2 N–H and O–H groups in total. The third kappa shape index (κ3) is 5.50. The summed E-state index contributed by atoms with van der Waals surface area (Å²) in [5.41, 5.74) is 4.85. The van der Waals surface area contributed by atoms with Gasteiger partial charge < -0.3 is 15.0 Å². The second-order valence-electron chi connectivity index (χ2n) is 8.16. The van der Waals surface area contributed by atoms with E-state index in [9.17, 15) is 4.79 Å². The SMILES string of the molecule is COc1ccc(CNc2nc(Cl)nc3nn(Cc4ccc(Cc5ccc(=O)[nH]c5)cc4)cc23)cc1. The van der Waals surface area contributed by atoms with E-state index >= 15 is 0 Å². The average Bonchev–Trinajstić information content (AvgIpc) is 3.27. The number of nitrogens with one attached hydrogen (secondary N) is 2. The summed E-state index contributed by atoms with van der Waals surface area (Å²) in [6, 6.07) is 19.5. The first-order chi connectivity index (χ1) is 17.1. The molecule has 5 rings (SSSR count). The highest BCUT2D eigenvalue weighted by Gasteiger charge is 2.12. The first-order valence-electron chi connectivity index (χ1n) is 11.1. The molecule has 3 heterocycles. The van der Waals surface area contributed by atoms with Crippen LogP contribution in [0.3, 0.4) is 0 Å². The van der Waals surface area contributed by atoms with Crippen molar-refractivity contribution in [3.05, 3.63) is 111 Å². The predicted octanol–water partition coefficient (Wildman–Crippen LogP) is 4.43. The van der Waals surface area contributed by atoms with Crippen LogP contribution in [0.4, 0.5) is 5.82 Å². The van der Waals surface area contributed by atoms with Gasteiger partial charge in [-0.15, -0.1) is 0 Å². The standard InChI is InChI=1S/C26H23ClN6O2/c1-35-21-9-6-18(7-10-21)13-29-24-22-16-33(32-25(22)31-26(27)30-24)15-19-4-2-17(3-5-19)12-20-8-11-23(34)28-14-20/h2-11,14,16H,12-13,15H2,1H3,(H,28,34)(H,29,30,31,32). The Balaban J connectivity index is 1.30. The zero-order chi connectivity index (χ0) is 24.2. The van der Waals surface area contributed by atoms with Gasteiger partial charge in [0.1, 0.15) is 11.6 Å². The number of hydrogen-bond donors (Lipinski definition) is 2. The predicted molar refractivity (Wildman–Crippen MR) is 136 cm³/mol. The highest BCUT2D eigenvalue weighted by Crippen LogP contribution is 2.23. The van der Waals surface area contributed by atoms with Crippen molar-refractivity contribution in [2.45, 2.75) is 19.5 Å². The van der Waals surface area contributed by atoms with Crippen LogP contribution in [-0.4, -0.2) is 31.8 Å². The van der Waals surface area contributed by atoms with Gasteiger partial charge in [0.05, 0.1) is 19.0 Å². The summed E-state index contributed by atoms with van der Waals surface area (Å²) in [6.45, 7) is 1.17. The van der Waals surface area contributed by atoms with Gasteiger partial charge in [-0.3, -0.25) is 9.48 Å². The molecular weight excluding hydrogens is 464 g/mol. The molecule has 0 spiro atoms. The zero-order valence-electron chi connectivity index (χ0n) is 19.0. The van der Waals surface area contributed by atoms with Gasteiger partial charge in [-0.25, -0.2) is 0 Å². The fourth-order valence-electron chi connectivity index (χ4n) is 3.81. The normalized spacial score (nSPS) is 11.0. The Hall–Kier alpha value is -4.17. The minimum absolute atomic E-state index is 0.0965. The molecule has 2 aromatic carbocycles. The average molecular weight is 487 g/mol. The van der Waals surface area contributed by atoms with Crippen molar-refractivity contribution < 1.29 is 4.74 Å². The van der Waals surface area contributed by atoms with Crippen molar-refractivity contribution >= 4 is 28.5 Å². The molecule has 0 saturated carbocycles. The maximum absolute atomic E-state index is 11.2. The molecule has 0 saturated heterocycles. The number of ether oxygens (including phenoxy) is 1. The number of aromatic amines is 1. The highest BCUT2D eigenvalue weighted by atomic mass is 35.5. The van der Waals surface area contributed by atoms with E-state index < -0.39 is 0 Å². The number of anilines is 1. The van der Waals surface area contributed by atoms with Gasteiger partial charge in [-0.2, -0.15) is 15.1 Å². The molecular formula is C26H23ClN6O2. The van der Waals surface area contributed by atoms with E-state index in [1.165, 1.54) is 0 Å². The van der Waals surface area contributed by atoms with E-state index in [-0.39, 0.29) is 10.8 Å². The molecule has 5 aromatic rings. The largest absolute Gasteiger partial charge is 0.497 e. The molecule has 0 aliphatic heterocycles. The Bertz CT molecular complexity index is 1490. The van der Waals surface area contributed by atoms with Gasteiger partial charge in [-0.05, 0) is 52.4 Å². The number of H-pyrrole nitrogens is 1. The molecule has 0 amide bonds. The van der Waals surface area contributed by atoms with Gasteiger partial charge in [0.25, 0.3) is 0 Å². The molecule has 0 aliphatic carbocycles. The van der Waals surface area contributed by atoms with E-state index in [1.54, 1.807) is 19.4 Å². The second-order valence-corrected chi connectivity index (χ2v) is 8.50. The quantitative estimate of drug-likeness (QED) is 0.315. The van der Waals surface area contributed by atoms with E-state index in [1.807, 2.05) is 41.2 Å². The van der Waals surface area contributed by atoms with Crippen LogP contribution in [0.25, 0.3) is 11.0 Å². The summed E-state index contributed by atoms with van der Waals surface area (Å²) in [5.74, 6) is 1.45. The Kier molecular flexibility index (Phi) is 6.45. The van der Waals surface area contributed by atoms with Gasteiger partial charge in [0, 0.05) is 25.0 Å². The van der Waals surface area contributed by atoms with Crippen molar-refractivity contribution in [3.8, 4) is 5.75 Å². The number of fused-ring (bicyclic) bond motifs is 1. The molecule has 0 atom stereocenters. The van der Waals surface area contributed by atoms with Crippen LogP contribution >= 0.6 is 11.6 Å². The fourth-order valence-corrected chi connectivity index (χ4v) is 3.97. The van der Waals surface area contributed by atoms with Crippen LogP contribution in [0.2, 0.25) is 5.28 Å². The molecule has 0 aliphatic rings. The Morgan fingerprint density at radius 3 is 2.37 bits per heavy atom. The number of nitrogens with zero attached hydrogens (tertiary/aromatic N) is 4. The zero-order valence-corrected chi connectivity index (χ0v) is 19.8. The summed E-state index contributed by atoms with van der Waals surface area (Å²) < 4.78 is 7.05. The number of hydrogen-bond acceptors (Lipinski definition) is 6. The van der Waals surface area contributed by atoms with E-state index in [2.05, 4.69) is 49.6 Å². The number of aromatic nitrogens is 5. The summed E-state index contributed by atoms with van der Waals surface area (Å²) >= 11 is 6.16. The summed E-state index contributed by atoms with van der Waals surface area (Å²) in [6.07, 6.45) is 4.42. The molecule has 0 radical (unpaired) electrons. The Morgan fingerprint density at radius 1 is 0.943 bits per heavy atom. The third-order valence-electron chi connectivity index (χ3n) is 5.64. The fraction of sp³-hybridized carbons (Fsp3) is 0.154. The van der Waals surface area contributed by atoms with Crippen LogP contribution in [0.5, 0.6) is 5.75 Å². The maximum atomic E-state index is 11.2. The van der Waals surface area contributed by atoms with Crippen molar-refractivity contribution in [1.29, 1.82) is 0 Å². The maximum Gasteiger partial charge on any atom is 0.247 e. The van der Waals surface area contributed by atoms with Gasteiger partial charge in [0.2, 0.25) is 10.8 Å². The second kappa shape index (κ2) is 9.99. The number of halogens is 1. The van der Waals surface area contributed by atoms with E-state index in [4.69, 9.17) is 16.3 Å². The smallest absolute Gasteiger partial charge is 0.247 e. The molecule has 0 unspecified atom stereocenters.